The first kappa shape index (κ1) is 30.2. The van der Waals surface area contributed by atoms with E-state index in [1.54, 1.807) is 0 Å². The molecule has 0 saturated heterocycles. The number of hydrogen-bond donors (Lipinski definition) is 0. The summed E-state index contributed by atoms with van der Waals surface area (Å²) in [6.07, 6.45) is 0. The molecule has 40 heavy (non-hydrogen) atoms. The first-order valence-electron chi connectivity index (χ1n) is 12.7. The fraction of sp³-hybridized carbons (Fsp3) is 0. The molecule has 192 valence electrons. The predicted octanol–water partition coefficient (Wildman–Crippen LogP) is 2.53. The van der Waals surface area contributed by atoms with Crippen LogP contribution in [0, 0.1) is 0 Å². The van der Waals surface area contributed by atoms with E-state index >= 15 is 0 Å². The predicted molar refractivity (Wildman–Crippen MR) is 162 cm³/mol. The Balaban J connectivity index is 0.000000183. The minimum Gasteiger partial charge on any atom is -1.00 e. The Morgan fingerprint density at radius 2 is 1.12 bits per heavy atom. The van der Waals surface area contributed by atoms with Gasteiger partial charge in [-0.15, -0.1) is 63.2 Å². The Hall–Kier alpha value is -2.80. The summed E-state index contributed by atoms with van der Waals surface area (Å²) in [4.78, 5) is 0. The van der Waals surface area contributed by atoms with Gasteiger partial charge in [0.2, 0.25) is 0 Å². The summed E-state index contributed by atoms with van der Waals surface area (Å²) in [5.74, 6) is 0. The van der Waals surface area contributed by atoms with Gasteiger partial charge in [0.15, 0.2) is 0 Å². The Morgan fingerprint density at radius 1 is 0.500 bits per heavy atom. The second-order valence-electron chi connectivity index (χ2n) is 9.41. The third-order valence-electron chi connectivity index (χ3n) is 7.21. The molecule has 0 nitrogen and oxygen atoms in total. The van der Waals surface area contributed by atoms with E-state index < -0.39 is 7.92 Å². The zero-order valence-corrected chi connectivity index (χ0v) is 27.6. The van der Waals surface area contributed by atoms with Gasteiger partial charge in [0.25, 0.3) is 0 Å². The minimum atomic E-state index is -0.467. The summed E-state index contributed by atoms with van der Waals surface area (Å²) in [7, 11) is -0.467. The molecule has 2 bridgehead atoms. The number of benzene rings is 5. The second-order valence-corrected chi connectivity index (χ2v) is 11.6. The molecule has 0 N–H and O–H groups in total. The first-order chi connectivity index (χ1) is 18.4. The summed E-state index contributed by atoms with van der Waals surface area (Å²) in [6.45, 7) is 0. The van der Waals surface area contributed by atoms with Crippen molar-refractivity contribution in [2.24, 2.45) is 0 Å². The van der Waals surface area contributed by atoms with Crippen LogP contribution in [-0.4, -0.2) is 0 Å². The molecule has 1 unspecified atom stereocenters. The number of hydrogen-bond acceptors (Lipinski definition) is 0. The van der Waals surface area contributed by atoms with Crippen molar-refractivity contribution in [3.63, 3.8) is 0 Å². The van der Waals surface area contributed by atoms with E-state index in [0.717, 1.165) is 0 Å². The van der Waals surface area contributed by atoms with Crippen LogP contribution in [0.5, 0.6) is 0 Å². The van der Waals surface area contributed by atoms with Gasteiger partial charge in [0.1, 0.15) is 0 Å². The van der Waals surface area contributed by atoms with E-state index in [1.807, 2.05) is 0 Å². The van der Waals surface area contributed by atoms with Crippen LogP contribution in [0.1, 0.15) is 0 Å². The maximum Gasteiger partial charge on any atom is 4.00 e. The van der Waals surface area contributed by atoms with Gasteiger partial charge in [-0.1, -0.05) is 108 Å². The molecule has 7 aromatic rings. The molecule has 0 spiro atoms. The van der Waals surface area contributed by atoms with Crippen molar-refractivity contribution < 1.29 is 50.7 Å². The zero-order chi connectivity index (χ0) is 24.6. The average molecular weight is 738 g/mol. The summed E-state index contributed by atoms with van der Waals surface area (Å²) in [6, 6.07) is 54.7. The van der Waals surface area contributed by atoms with Crippen LogP contribution in [0.4, 0.5) is 0 Å². The molecular formula is C36H25Cl2HfP. The van der Waals surface area contributed by atoms with Gasteiger partial charge in [-0.25, -0.2) is 0 Å². The van der Waals surface area contributed by atoms with Gasteiger partial charge in [-0.3, -0.25) is 0 Å². The van der Waals surface area contributed by atoms with Crippen LogP contribution >= 0.6 is 7.92 Å². The van der Waals surface area contributed by atoms with E-state index in [0.29, 0.717) is 0 Å². The van der Waals surface area contributed by atoms with Crippen LogP contribution in [0.2, 0.25) is 0 Å². The molecule has 0 amide bonds. The van der Waals surface area contributed by atoms with Gasteiger partial charge >= 0.3 is 25.8 Å². The van der Waals surface area contributed by atoms with Crippen molar-refractivity contribution >= 4 is 45.4 Å². The molecular weight excluding hydrogens is 713 g/mol. The quantitative estimate of drug-likeness (QED) is 0.146. The van der Waals surface area contributed by atoms with E-state index in [2.05, 4.69) is 152 Å². The number of halogens is 2. The van der Waals surface area contributed by atoms with E-state index in [1.165, 1.54) is 59.7 Å². The van der Waals surface area contributed by atoms with Crippen molar-refractivity contribution in [1.29, 1.82) is 0 Å². The molecule has 0 aromatic heterocycles. The molecule has 1 aliphatic heterocycles. The topological polar surface area (TPSA) is 0 Å². The third kappa shape index (κ3) is 5.54. The smallest absolute Gasteiger partial charge is 1.00 e. The van der Waals surface area contributed by atoms with Gasteiger partial charge < -0.3 is 24.8 Å². The van der Waals surface area contributed by atoms with Crippen LogP contribution in [-0.2, 0) is 25.8 Å². The van der Waals surface area contributed by atoms with Crippen LogP contribution < -0.4 is 40.7 Å². The SMILES string of the molecule is [Cl-].[Cl-].[Hf+4].c1ccc(-c2cccc3[cH-]ccc23)cc1.c1ccc(P2c3cc4c(cccc4[cH-]3)-c3ccccc32)cc1. The number of fused-ring (bicyclic) bond motifs is 4. The van der Waals surface area contributed by atoms with Crippen molar-refractivity contribution in [2.75, 3.05) is 0 Å². The summed E-state index contributed by atoms with van der Waals surface area (Å²) in [5, 5.41) is 9.78. The monoisotopic (exact) mass is 738 g/mol. The maximum atomic E-state index is 2.41. The van der Waals surface area contributed by atoms with Gasteiger partial charge in [-0.05, 0) is 29.7 Å². The Bertz CT molecular complexity index is 1840. The Labute approximate surface area is 268 Å². The summed E-state index contributed by atoms with van der Waals surface area (Å²) < 4.78 is 0. The van der Waals surface area contributed by atoms with E-state index in [-0.39, 0.29) is 50.7 Å². The molecule has 1 atom stereocenters. The standard InChI is InChI=1S/C21H14P.C15H11.2ClH.Hf/c1-2-8-16(9-3-1)22-17-13-15-7-6-11-18(20(15)14-17)19-10-4-5-12-21(19)22;1-2-6-12(7-3-1)14-10-4-8-13-9-5-11-15(13)14;;;/h1-14H;1-11H;2*1H;/q2*-1;;;+4/p-2. The third-order valence-corrected chi connectivity index (χ3v) is 9.67. The second kappa shape index (κ2) is 13.2. The maximum absolute atomic E-state index is 2.41. The normalized spacial score (nSPS) is 12.7. The molecule has 0 radical (unpaired) electrons. The minimum absolute atomic E-state index is 0. The summed E-state index contributed by atoms with van der Waals surface area (Å²) >= 11 is 0. The van der Waals surface area contributed by atoms with Gasteiger partial charge in [-0.2, -0.15) is 18.2 Å². The van der Waals surface area contributed by atoms with Crippen LogP contribution in [0.15, 0.2) is 152 Å². The fourth-order valence-corrected chi connectivity index (χ4v) is 8.04. The van der Waals surface area contributed by atoms with Crippen molar-refractivity contribution in [1.82, 2.24) is 0 Å². The fourth-order valence-electron chi connectivity index (χ4n) is 5.52. The largest absolute Gasteiger partial charge is 4.00 e. The molecule has 1 aliphatic rings. The van der Waals surface area contributed by atoms with Gasteiger partial charge in [0, 0.05) is 0 Å². The van der Waals surface area contributed by atoms with Crippen molar-refractivity contribution in [2.45, 2.75) is 0 Å². The van der Waals surface area contributed by atoms with Crippen LogP contribution in [0.25, 0.3) is 43.8 Å². The van der Waals surface area contributed by atoms with Crippen molar-refractivity contribution in [3.05, 3.63) is 152 Å². The molecule has 0 fully saturated rings. The molecule has 7 aromatic carbocycles. The molecule has 1 heterocycles. The number of rotatable bonds is 2. The average Bonchev–Trinajstić information content (AvgIpc) is 3.59. The summed E-state index contributed by atoms with van der Waals surface area (Å²) in [5.41, 5.74) is 5.38. The molecule has 8 rings (SSSR count). The van der Waals surface area contributed by atoms with Crippen LogP contribution in [0.3, 0.4) is 0 Å². The molecule has 4 heteroatoms. The molecule has 0 saturated carbocycles. The molecule has 0 aliphatic carbocycles. The van der Waals surface area contributed by atoms with Gasteiger partial charge in [0.05, 0.1) is 0 Å². The Morgan fingerprint density at radius 3 is 1.90 bits per heavy atom. The van der Waals surface area contributed by atoms with E-state index in [9.17, 15) is 0 Å². The zero-order valence-electron chi connectivity index (χ0n) is 21.6. The van der Waals surface area contributed by atoms with Crippen molar-refractivity contribution in [3.8, 4) is 22.3 Å². The first-order valence-corrected chi connectivity index (χ1v) is 14.0. The Kier molecular flexibility index (Phi) is 9.99. The van der Waals surface area contributed by atoms with E-state index in [4.69, 9.17) is 0 Å².